The van der Waals surface area contributed by atoms with Crippen LogP contribution < -0.4 is 14.8 Å². The fraction of sp³-hybridized carbons (Fsp3) is 0.481. The molecule has 1 aliphatic carbocycles. The highest BCUT2D eigenvalue weighted by Crippen LogP contribution is 2.25. The Bertz CT molecular complexity index is 978. The van der Waals surface area contributed by atoms with Gasteiger partial charge in [0.15, 0.2) is 0 Å². The van der Waals surface area contributed by atoms with Gasteiger partial charge in [0.2, 0.25) is 11.8 Å². The van der Waals surface area contributed by atoms with Gasteiger partial charge in [-0.1, -0.05) is 49.0 Å². The second kappa shape index (κ2) is 13.6. The Morgan fingerprint density at radius 1 is 1.06 bits per heavy atom. The zero-order valence-corrected chi connectivity index (χ0v) is 21.9. The summed E-state index contributed by atoms with van der Waals surface area (Å²) in [5.74, 6) is 1.28. The third-order valence-electron chi connectivity index (χ3n) is 6.29. The van der Waals surface area contributed by atoms with Crippen LogP contribution in [-0.2, 0) is 16.1 Å². The van der Waals surface area contributed by atoms with Crippen molar-refractivity contribution in [1.29, 1.82) is 0 Å². The number of hydrogen-bond donors (Lipinski definition) is 1. The van der Waals surface area contributed by atoms with Crippen molar-refractivity contribution in [2.45, 2.75) is 70.5 Å². The molecule has 0 heterocycles. The van der Waals surface area contributed by atoms with E-state index in [1.165, 1.54) is 0 Å². The van der Waals surface area contributed by atoms with Gasteiger partial charge in [-0.3, -0.25) is 9.59 Å². The Morgan fingerprint density at radius 2 is 1.74 bits per heavy atom. The summed E-state index contributed by atoms with van der Waals surface area (Å²) in [4.78, 5) is 28.2. The molecule has 0 radical (unpaired) electrons. The van der Waals surface area contributed by atoms with Gasteiger partial charge in [0.1, 0.15) is 17.5 Å². The van der Waals surface area contributed by atoms with E-state index in [-0.39, 0.29) is 30.8 Å². The lowest BCUT2D eigenvalue weighted by Crippen LogP contribution is -2.50. The van der Waals surface area contributed by atoms with E-state index < -0.39 is 6.04 Å². The summed E-state index contributed by atoms with van der Waals surface area (Å²) in [5.41, 5.74) is 0.828. The van der Waals surface area contributed by atoms with E-state index in [1.54, 1.807) is 24.1 Å². The highest BCUT2D eigenvalue weighted by Gasteiger charge is 2.30. The highest BCUT2D eigenvalue weighted by molar-refractivity contribution is 6.42. The molecule has 35 heavy (non-hydrogen) atoms. The number of rotatable bonds is 12. The molecule has 0 unspecified atom stereocenters. The normalized spacial score (nSPS) is 14.4. The lowest BCUT2D eigenvalue weighted by atomic mass is 10.1. The maximum Gasteiger partial charge on any atom is 0.243 e. The first-order valence-electron chi connectivity index (χ1n) is 12.2. The lowest BCUT2D eigenvalue weighted by Gasteiger charge is -2.31. The Kier molecular flexibility index (Phi) is 10.5. The van der Waals surface area contributed by atoms with Crippen molar-refractivity contribution in [3.8, 4) is 11.5 Å². The van der Waals surface area contributed by atoms with E-state index in [0.717, 1.165) is 37.0 Å². The molecule has 2 aromatic carbocycles. The van der Waals surface area contributed by atoms with Gasteiger partial charge in [0.25, 0.3) is 0 Å². The van der Waals surface area contributed by atoms with Crippen molar-refractivity contribution in [2.24, 2.45) is 0 Å². The number of carbonyl (C=O) groups is 2. The van der Waals surface area contributed by atoms with Crippen molar-refractivity contribution >= 4 is 35.0 Å². The number of hydrogen-bond acceptors (Lipinski definition) is 4. The number of amides is 2. The minimum Gasteiger partial charge on any atom is -0.497 e. The molecule has 0 saturated heterocycles. The van der Waals surface area contributed by atoms with Gasteiger partial charge in [-0.05, 0) is 67.6 Å². The number of benzene rings is 2. The van der Waals surface area contributed by atoms with E-state index in [2.05, 4.69) is 5.32 Å². The molecule has 3 rings (SSSR count). The van der Waals surface area contributed by atoms with Gasteiger partial charge < -0.3 is 19.7 Å². The van der Waals surface area contributed by atoms with Crippen LogP contribution in [-0.4, -0.2) is 42.5 Å². The SMILES string of the molecule is CC[C@@H](C(=O)NC1CCCC1)N(Cc1ccc(Cl)c(Cl)c1)C(=O)CCCOc1ccc(OC)cc1. The molecule has 1 atom stereocenters. The first kappa shape index (κ1) is 27.2. The third-order valence-corrected chi connectivity index (χ3v) is 7.03. The van der Waals surface area contributed by atoms with Crippen LogP contribution in [0, 0.1) is 0 Å². The standard InChI is InChI=1S/C27H34Cl2N2O4/c1-3-25(27(33)30-20-7-4-5-8-20)31(18-19-10-15-23(28)24(29)17-19)26(32)9-6-16-35-22-13-11-21(34-2)12-14-22/h10-15,17,20,25H,3-9,16,18H2,1-2H3,(H,30,33)/t25-/m0/s1. The van der Waals surface area contributed by atoms with Crippen LogP contribution in [0.2, 0.25) is 10.0 Å². The molecule has 1 aliphatic rings. The van der Waals surface area contributed by atoms with E-state index in [0.29, 0.717) is 35.2 Å². The fourth-order valence-electron chi connectivity index (χ4n) is 4.35. The highest BCUT2D eigenvalue weighted by atomic mass is 35.5. The number of nitrogens with zero attached hydrogens (tertiary/aromatic N) is 1. The Hall–Kier alpha value is -2.44. The van der Waals surface area contributed by atoms with Crippen LogP contribution in [0.25, 0.3) is 0 Å². The third kappa shape index (κ3) is 8.04. The molecular formula is C27H34Cl2N2O4. The summed E-state index contributed by atoms with van der Waals surface area (Å²) in [7, 11) is 1.61. The largest absolute Gasteiger partial charge is 0.497 e. The van der Waals surface area contributed by atoms with E-state index >= 15 is 0 Å². The van der Waals surface area contributed by atoms with Crippen molar-refractivity contribution < 1.29 is 19.1 Å². The molecule has 0 spiro atoms. The molecule has 190 valence electrons. The first-order valence-corrected chi connectivity index (χ1v) is 13.0. The van der Waals surface area contributed by atoms with Gasteiger partial charge in [-0.2, -0.15) is 0 Å². The van der Waals surface area contributed by atoms with Crippen LogP contribution in [0.5, 0.6) is 11.5 Å². The molecule has 2 aromatic rings. The second-order valence-electron chi connectivity index (χ2n) is 8.81. The number of nitrogens with one attached hydrogen (secondary N) is 1. The van der Waals surface area contributed by atoms with Crippen molar-refractivity contribution in [1.82, 2.24) is 10.2 Å². The summed E-state index contributed by atoms with van der Waals surface area (Å²) in [6, 6.07) is 12.3. The van der Waals surface area contributed by atoms with Gasteiger partial charge in [-0.15, -0.1) is 0 Å². The Morgan fingerprint density at radius 3 is 2.37 bits per heavy atom. The molecule has 8 heteroatoms. The smallest absolute Gasteiger partial charge is 0.243 e. The van der Waals surface area contributed by atoms with Crippen LogP contribution in [0.15, 0.2) is 42.5 Å². The van der Waals surface area contributed by atoms with Crippen molar-refractivity contribution in [3.63, 3.8) is 0 Å². The van der Waals surface area contributed by atoms with Crippen molar-refractivity contribution in [3.05, 3.63) is 58.1 Å². The molecule has 1 fully saturated rings. The minimum atomic E-state index is -0.555. The number of carbonyl (C=O) groups excluding carboxylic acids is 2. The summed E-state index contributed by atoms with van der Waals surface area (Å²) >= 11 is 12.3. The van der Waals surface area contributed by atoms with Gasteiger partial charge >= 0.3 is 0 Å². The molecule has 0 aliphatic heterocycles. The topological polar surface area (TPSA) is 67.9 Å². The average Bonchev–Trinajstić information content (AvgIpc) is 3.37. The van der Waals surface area contributed by atoms with E-state index in [1.807, 2.05) is 37.3 Å². The zero-order valence-electron chi connectivity index (χ0n) is 20.4. The summed E-state index contributed by atoms with van der Waals surface area (Å²) in [6.45, 7) is 2.61. The quantitative estimate of drug-likeness (QED) is 0.347. The molecule has 1 N–H and O–H groups in total. The first-order chi connectivity index (χ1) is 16.9. The number of halogens is 2. The maximum absolute atomic E-state index is 13.4. The predicted octanol–water partition coefficient (Wildman–Crippen LogP) is 6.03. The Labute approximate surface area is 217 Å². The van der Waals surface area contributed by atoms with Gasteiger partial charge in [-0.25, -0.2) is 0 Å². The van der Waals surface area contributed by atoms with Crippen LogP contribution in [0.4, 0.5) is 0 Å². The van der Waals surface area contributed by atoms with Crippen LogP contribution in [0.1, 0.15) is 57.4 Å². The monoisotopic (exact) mass is 520 g/mol. The predicted molar refractivity (Wildman–Crippen MR) is 139 cm³/mol. The Balaban J connectivity index is 1.65. The molecule has 6 nitrogen and oxygen atoms in total. The maximum atomic E-state index is 13.4. The number of methoxy groups -OCH3 is 1. The van der Waals surface area contributed by atoms with Crippen molar-refractivity contribution in [2.75, 3.05) is 13.7 Å². The zero-order chi connectivity index (χ0) is 25.2. The molecule has 0 aromatic heterocycles. The number of ether oxygens (including phenoxy) is 2. The minimum absolute atomic E-state index is 0.0946. The van der Waals surface area contributed by atoms with E-state index in [4.69, 9.17) is 32.7 Å². The van der Waals surface area contributed by atoms with Crippen LogP contribution in [0.3, 0.4) is 0 Å². The molecule has 2 amide bonds. The fourth-order valence-corrected chi connectivity index (χ4v) is 4.67. The molecular weight excluding hydrogens is 487 g/mol. The second-order valence-corrected chi connectivity index (χ2v) is 9.63. The molecule has 0 bridgehead atoms. The molecule has 1 saturated carbocycles. The van der Waals surface area contributed by atoms with Crippen LogP contribution >= 0.6 is 23.2 Å². The summed E-state index contributed by atoms with van der Waals surface area (Å²) in [5, 5.41) is 4.03. The average molecular weight is 521 g/mol. The van der Waals surface area contributed by atoms with E-state index in [9.17, 15) is 9.59 Å². The summed E-state index contributed by atoms with van der Waals surface area (Å²) in [6.07, 6.45) is 5.56. The lowest BCUT2D eigenvalue weighted by molar-refractivity contribution is -0.141. The summed E-state index contributed by atoms with van der Waals surface area (Å²) < 4.78 is 10.9. The van der Waals surface area contributed by atoms with Gasteiger partial charge in [0.05, 0.1) is 23.8 Å². The van der Waals surface area contributed by atoms with Gasteiger partial charge in [0, 0.05) is 19.0 Å².